The van der Waals surface area contributed by atoms with Gasteiger partial charge in [0, 0.05) is 17.1 Å². The van der Waals surface area contributed by atoms with E-state index in [4.69, 9.17) is 5.11 Å². The molecule has 0 spiro atoms. The Hall–Kier alpha value is -2.75. The van der Waals surface area contributed by atoms with Crippen molar-refractivity contribution in [3.63, 3.8) is 0 Å². The number of halogens is 4. The van der Waals surface area contributed by atoms with E-state index in [9.17, 15) is 22.4 Å². The lowest BCUT2D eigenvalue weighted by atomic mass is 10.1. The van der Waals surface area contributed by atoms with Crippen LogP contribution in [0.25, 0.3) is 11.3 Å². The van der Waals surface area contributed by atoms with Crippen molar-refractivity contribution in [2.45, 2.75) is 12.7 Å². The SMILES string of the molecule is O=C(O)c1cnn(Cc2nc(-c3cc(F)cc(C(F)(F)F)c3)cs2)c1. The quantitative estimate of drug-likeness (QED) is 0.706. The van der Waals surface area contributed by atoms with Crippen LogP contribution in [0.3, 0.4) is 0 Å². The predicted octanol–water partition coefficient (Wildman–Crippen LogP) is 3.91. The molecule has 0 aliphatic heterocycles. The van der Waals surface area contributed by atoms with Gasteiger partial charge in [0.2, 0.25) is 0 Å². The molecule has 0 unspecified atom stereocenters. The highest BCUT2D eigenvalue weighted by atomic mass is 32.1. The van der Waals surface area contributed by atoms with Crippen LogP contribution in [0.1, 0.15) is 20.9 Å². The fourth-order valence-corrected chi connectivity index (χ4v) is 2.91. The van der Waals surface area contributed by atoms with Crippen molar-refractivity contribution in [3.8, 4) is 11.3 Å². The molecular weight excluding hydrogens is 362 g/mol. The number of benzene rings is 1. The summed E-state index contributed by atoms with van der Waals surface area (Å²) >= 11 is 1.15. The summed E-state index contributed by atoms with van der Waals surface area (Å²) in [6.07, 6.45) is -2.16. The van der Waals surface area contributed by atoms with Gasteiger partial charge in [-0.1, -0.05) is 0 Å². The summed E-state index contributed by atoms with van der Waals surface area (Å²) < 4.78 is 53.2. The number of hydrogen-bond acceptors (Lipinski definition) is 4. The molecule has 130 valence electrons. The summed E-state index contributed by atoms with van der Waals surface area (Å²) in [5.74, 6) is -2.12. The highest BCUT2D eigenvalue weighted by Gasteiger charge is 2.31. The van der Waals surface area contributed by atoms with Crippen LogP contribution in [-0.2, 0) is 12.7 Å². The van der Waals surface area contributed by atoms with Gasteiger partial charge in [0.05, 0.1) is 29.6 Å². The average Bonchev–Trinajstić information content (AvgIpc) is 3.15. The minimum atomic E-state index is -4.65. The van der Waals surface area contributed by atoms with E-state index in [1.54, 1.807) is 0 Å². The van der Waals surface area contributed by atoms with E-state index in [0.29, 0.717) is 11.1 Å². The van der Waals surface area contributed by atoms with E-state index in [2.05, 4.69) is 10.1 Å². The molecule has 10 heteroatoms. The number of aromatic carboxylic acids is 1. The van der Waals surface area contributed by atoms with Crippen LogP contribution in [-0.4, -0.2) is 25.8 Å². The Kier molecular flexibility index (Phi) is 4.29. The Labute approximate surface area is 142 Å². The molecule has 0 radical (unpaired) electrons. The summed E-state index contributed by atoms with van der Waals surface area (Å²) in [7, 11) is 0. The molecule has 0 amide bonds. The molecule has 0 aliphatic carbocycles. The maximum Gasteiger partial charge on any atom is 0.416 e. The largest absolute Gasteiger partial charge is 0.478 e. The number of carboxylic acid groups (broad SMARTS) is 1. The minimum Gasteiger partial charge on any atom is -0.478 e. The highest BCUT2D eigenvalue weighted by Crippen LogP contribution is 2.33. The Balaban J connectivity index is 1.86. The molecular formula is C15H9F4N3O2S. The van der Waals surface area contributed by atoms with Gasteiger partial charge < -0.3 is 5.11 Å². The van der Waals surface area contributed by atoms with Crippen LogP contribution in [0.4, 0.5) is 17.6 Å². The van der Waals surface area contributed by atoms with E-state index < -0.39 is 23.5 Å². The second-order valence-electron chi connectivity index (χ2n) is 5.08. The van der Waals surface area contributed by atoms with E-state index in [-0.39, 0.29) is 23.4 Å². The van der Waals surface area contributed by atoms with Crippen molar-refractivity contribution in [3.05, 3.63) is 57.9 Å². The lowest BCUT2D eigenvalue weighted by molar-refractivity contribution is -0.137. The van der Waals surface area contributed by atoms with Gasteiger partial charge in [-0.2, -0.15) is 18.3 Å². The molecule has 2 heterocycles. The number of aromatic nitrogens is 3. The summed E-state index contributed by atoms with van der Waals surface area (Å²) in [4.78, 5) is 15.0. The molecule has 0 saturated heterocycles. The molecule has 5 nitrogen and oxygen atoms in total. The maximum absolute atomic E-state index is 13.5. The summed E-state index contributed by atoms with van der Waals surface area (Å²) in [5, 5.41) is 14.7. The van der Waals surface area contributed by atoms with Gasteiger partial charge >= 0.3 is 12.1 Å². The van der Waals surface area contributed by atoms with Crippen molar-refractivity contribution in [2.24, 2.45) is 0 Å². The Morgan fingerprint density at radius 2 is 2.04 bits per heavy atom. The highest BCUT2D eigenvalue weighted by molar-refractivity contribution is 7.09. The molecule has 2 aromatic heterocycles. The zero-order chi connectivity index (χ0) is 18.2. The second kappa shape index (κ2) is 6.28. The van der Waals surface area contributed by atoms with Crippen LogP contribution in [0, 0.1) is 5.82 Å². The van der Waals surface area contributed by atoms with Crippen molar-refractivity contribution in [1.82, 2.24) is 14.8 Å². The second-order valence-corrected chi connectivity index (χ2v) is 6.03. The number of thiazole rings is 1. The molecule has 1 N–H and O–H groups in total. The number of nitrogens with zero attached hydrogens (tertiary/aromatic N) is 3. The summed E-state index contributed by atoms with van der Waals surface area (Å²) in [6, 6.07) is 2.23. The van der Waals surface area contributed by atoms with E-state index >= 15 is 0 Å². The lowest BCUT2D eigenvalue weighted by Crippen LogP contribution is -2.05. The number of carboxylic acids is 1. The topological polar surface area (TPSA) is 68.0 Å². The molecule has 0 saturated carbocycles. The van der Waals surface area contributed by atoms with Crippen LogP contribution in [0.5, 0.6) is 0 Å². The van der Waals surface area contributed by atoms with Gasteiger partial charge in [-0.3, -0.25) is 4.68 Å². The standard InChI is InChI=1S/C15H9F4N3O2S/c16-11-2-8(1-10(3-11)15(17,18)19)12-7-25-13(21-12)6-22-5-9(4-20-22)14(23)24/h1-5,7H,6H2,(H,23,24). The van der Waals surface area contributed by atoms with Crippen LogP contribution in [0.2, 0.25) is 0 Å². The van der Waals surface area contributed by atoms with Gasteiger partial charge in [-0.15, -0.1) is 11.3 Å². The first-order valence-corrected chi connectivity index (χ1v) is 7.68. The molecule has 3 aromatic rings. The fourth-order valence-electron chi connectivity index (χ4n) is 2.12. The number of rotatable bonds is 4. The van der Waals surface area contributed by atoms with Gasteiger partial charge in [-0.25, -0.2) is 14.2 Å². The molecule has 0 fully saturated rings. The summed E-state index contributed by atoms with van der Waals surface area (Å²) in [6.45, 7) is 0.152. The smallest absolute Gasteiger partial charge is 0.416 e. The summed E-state index contributed by atoms with van der Waals surface area (Å²) in [5.41, 5.74) is -0.857. The Morgan fingerprint density at radius 3 is 2.68 bits per heavy atom. The van der Waals surface area contributed by atoms with E-state index in [1.807, 2.05) is 0 Å². The monoisotopic (exact) mass is 371 g/mol. The van der Waals surface area contributed by atoms with Gasteiger partial charge in [0.1, 0.15) is 10.8 Å². The first kappa shape index (κ1) is 17.1. The van der Waals surface area contributed by atoms with Gasteiger partial charge in [-0.05, 0) is 18.2 Å². The molecule has 0 bridgehead atoms. The molecule has 0 aliphatic rings. The van der Waals surface area contributed by atoms with Gasteiger partial charge in [0.15, 0.2) is 0 Å². The zero-order valence-electron chi connectivity index (χ0n) is 12.3. The van der Waals surface area contributed by atoms with Crippen molar-refractivity contribution in [2.75, 3.05) is 0 Å². The molecule has 1 aromatic carbocycles. The average molecular weight is 371 g/mol. The predicted molar refractivity (Wildman–Crippen MR) is 80.8 cm³/mol. The minimum absolute atomic E-state index is 0.0109. The normalized spacial score (nSPS) is 11.7. The third-order valence-electron chi connectivity index (χ3n) is 3.25. The lowest BCUT2D eigenvalue weighted by Gasteiger charge is -2.08. The van der Waals surface area contributed by atoms with Gasteiger partial charge in [0.25, 0.3) is 0 Å². The molecule has 0 atom stereocenters. The van der Waals surface area contributed by atoms with E-state index in [0.717, 1.165) is 23.5 Å². The zero-order valence-corrected chi connectivity index (χ0v) is 13.1. The number of alkyl halides is 3. The first-order valence-electron chi connectivity index (χ1n) is 6.80. The Bertz CT molecular complexity index is 933. The maximum atomic E-state index is 13.5. The molecule has 25 heavy (non-hydrogen) atoms. The number of carbonyl (C=O) groups is 1. The van der Waals surface area contributed by atoms with Crippen LogP contribution in [0.15, 0.2) is 36.0 Å². The first-order chi connectivity index (χ1) is 11.7. The van der Waals surface area contributed by atoms with Crippen molar-refractivity contribution in [1.29, 1.82) is 0 Å². The molecule has 3 rings (SSSR count). The number of hydrogen-bond donors (Lipinski definition) is 1. The Morgan fingerprint density at radius 1 is 1.28 bits per heavy atom. The third-order valence-corrected chi connectivity index (χ3v) is 4.08. The fraction of sp³-hybridized carbons (Fsp3) is 0.133. The van der Waals surface area contributed by atoms with Crippen molar-refractivity contribution >= 4 is 17.3 Å². The van der Waals surface area contributed by atoms with Crippen molar-refractivity contribution < 1.29 is 27.5 Å². The van der Waals surface area contributed by atoms with E-state index in [1.165, 1.54) is 22.5 Å². The van der Waals surface area contributed by atoms with Crippen LogP contribution >= 0.6 is 11.3 Å². The van der Waals surface area contributed by atoms with Crippen LogP contribution < -0.4 is 0 Å². The third kappa shape index (κ3) is 3.85.